The largest absolute Gasteiger partial charge is 0.479 e. The number of hydrogen-bond donors (Lipinski definition) is 1. The van der Waals surface area contributed by atoms with Gasteiger partial charge in [0, 0.05) is 0 Å². The first-order chi connectivity index (χ1) is 5.05. The van der Waals surface area contributed by atoms with Crippen molar-refractivity contribution in [3.05, 3.63) is 0 Å². The number of carbonyl (C=O) groups excluding carboxylic acids is 1. The van der Waals surface area contributed by atoms with Crippen LogP contribution in [0.1, 0.15) is 0 Å². The van der Waals surface area contributed by atoms with Crippen LogP contribution in [0.25, 0.3) is 0 Å². The molecule has 1 aliphatic heterocycles. The standard InChI is InChI=1S/C5H6ClNO4/c1-11-4(10)5(3(8)9)2-7(5)6/h2H2,1H3,(H,8,9). The number of hydrogen-bond acceptors (Lipinski definition) is 4. The van der Waals surface area contributed by atoms with Gasteiger partial charge in [0.15, 0.2) is 0 Å². The van der Waals surface area contributed by atoms with Crippen LogP contribution in [0.5, 0.6) is 0 Å². The lowest BCUT2D eigenvalue weighted by molar-refractivity contribution is -0.155. The summed E-state index contributed by atoms with van der Waals surface area (Å²) in [5, 5.41) is 8.55. The Morgan fingerprint density at radius 1 is 1.73 bits per heavy atom. The van der Waals surface area contributed by atoms with E-state index in [1.165, 1.54) is 0 Å². The minimum Gasteiger partial charge on any atom is -0.479 e. The van der Waals surface area contributed by atoms with Crippen LogP contribution in [0, 0.1) is 0 Å². The van der Waals surface area contributed by atoms with E-state index in [1.54, 1.807) is 0 Å². The van der Waals surface area contributed by atoms with Gasteiger partial charge in [0.05, 0.1) is 13.7 Å². The molecule has 0 amide bonds. The lowest BCUT2D eigenvalue weighted by Crippen LogP contribution is -2.37. The van der Waals surface area contributed by atoms with E-state index in [4.69, 9.17) is 16.9 Å². The van der Waals surface area contributed by atoms with Crippen molar-refractivity contribution in [1.82, 2.24) is 4.42 Å². The van der Waals surface area contributed by atoms with Gasteiger partial charge in [-0.25, -0.2) is 9.59 Å². The Kier molecular flexibility index (Phi) is 1.77. The number of esters is 1. The van der Waals surface area contributed by atoms with Gasteiger partial charge in [-0.2, -0.15) is 4.42 Å². The highest BCUT2D eigenvalue weighted by atomic mass is 35.5. The normalized spacial score (nSPS) is 34.5. The molecular formula is C5H6ClNO4. The summed E-state index contributed by atoms with van der Waals surface area (Å²) in [5.74, 6) is -2.11. The van der Waals surface area contributed by atoms with E-state index in [1.807, 2.05) is 0 Å². The molecule has 0 radical (unpaired) electrons. The molecule has 1 aliphatic rings. The fourth-order valence-electron chi connectivity index (χ4n) is 0.757. The molecule has 1 heterocycles. The Bertz CT molecular complexity index is 219. The molecule has 1 saturated heterocycles. The monoisotopic (exact) mass is 179 g/mol. The first-order valence-electron chi connectivity index (χ1n) is 2.81. The SMILES string of the molecule is COC(=O)C1(C(=O)O)CN1Cl. The third-order valence-electron chi connectivity index (χ3n) is 1.56. The molecule has 1 N–H and O–H groups in total. The Labute approximate surface area is 67.6 Å². The van der Waals surface area contributed by atoms with Crippen LogP contribution in [0.3, 0.4) is 0 Å². The van der Waals surface area contributed by atoms with Gasteiger partial charge in [-0.05, 0) is 11.8 Å². The van der Waals surface area contributed by atoms with Gasteiger partial charge >= 0.3 is 11.9 Å². The molecule has 0 bridgehead atoms. The fraction of sp³-hybridized carbons (Fsp3) is 0.600. The van der Waals surface area contributed by atoms with Gasteiger partial charge in [0.1, 0.15) is 0 Å². The maximum absolute atomic E-state index is 10.8. The summed E-state index contributed by atoms with van der Waals surface area (Å²) in [4.78, 5) is 21.3. The van der Waals surface area contributed by atoms with E-state index in [0.717, 1.165) is 11.5 Å². The molecule has 0 aromatic rings. The Morgan fingerprint density at radius 2 is 2.18 bits per heavy atom. The van der Waals surface area contributed by atoms with Crippen molar-refractivity contribution in [3.8, 4) is 0 Å². The highest BCUT2D eigenvalue weighted by Crippen LogP contribution is 2.35. The van der Waals surface area contributed by atoms with Crippen LogP contribution < -0.4 is 0 Å². The van der Waals surface area contributed by atoms with Crippen molar-refractivity contribution < 1.29 is 19.4 Å². The average Bonchev–Trinajstić information content (AvgIpc) is 2.61. The molecule has 2 unspecified atom stereocenters. The molecule has 62 valence electrons. The first kappa shape index (κ1) is 8.29. The number of carboxylic acid groups (broad SMARTS) is 1. The summed E-state index contributed by atoms with van der Waals surface area (Å²) in [5.41, 5.74) is -1.63. The zero-order valence-electron chi connectivity index (χ0n) is 5.70. The molecule has 11 heavy (non-hydrogen) atoms. The van der Waals surface area contributed by atoms with Gasteiger partial charge in [0.25, 0.3) is 0 Å². The van der Waals surface area contributed by atoms with Crippen molar-refractivity contribution in [2.24, 2.45) is 0 Å². The Balaban J connectivity index is 2.80. The van der Waals surface area contributed by atoms with Gasteiger partial charge in [-0.3, -0.25) is 0 Å². The second-order valence-corrected chi connectivity index (χ2v) is 2.59. The number of carbonyl (C=O) groups is 2. The van der Waals surface area contributed by atoms with E-state index < -0.39 is 17.5 Å². The molecule has 2 atom stereocenters. The highest BCUT2D eigenvalue weighted by Gasteiger charge is 2.66. The summed E-state index contributed by atoms with van der Waals surface area (Å²) in [6.45, 7) is -0.00341. The van der Waals surface area contributed by atoms with Gasteiger partial charge < -0.3 is 9.84 Å². The van der Waals surface area contributed by atoms with Gasteiger partial charge in [0.2, 0.25) is 5.54 Å². The van der Waals surface area contributed by atoms with E-state index in [2.05, 4.69) is 4.74 Å². The lowest BCUT2D eigenvalue weighted by atomic mass is 10.2. The Hall–Kier alpha value is -0.810. The molecule has 0 aromatic carbocycles. The molecule has 0 saturated carbocycles. The molecule has 0 aromatic heterocycles. The van der Waals surface area contributed by atoms with E-state index in [9.17, 15) is 9.59 Å². The van der Waals surface area contributed by atoms with Crippen LogP contribution >= 0.6 is 11.8 Å². The van der Waals surface area contributed by atoms with Crippen LogP contribution in [0.4, 0.5) is 0 Å². The number of nitrogens with zero attached hydrogens (tertiary/aromatic N) is 1. The summed E-state index contributed by atoms with van der Waals surface area (Å²) in [7, 11) is 1.12. The Morgan fingerprint density at radius 3 is 2.27 bits per heavy atom. The topological polar surface area (TPSA) is 66.6 Å². The van der Waals surface area contributed by atoms with Crippen molar-refractivity contribution in [1.29, 1.82) is 0 Å². The second-order valence-electron chi connectivity index (χ2n) is 2.18. The molecule has 6 heteroatoms. The number of carboxylic acids is 1. The van der Waals surface area contributed by atoms with Crippen molar-refractivity contribution in [2.75, 3.05) is 13.7 Å². The zero-order valence-corrected chi connectivity index (χ0v) is 6.46. The highest BCUT2D eigenvalue weighted by molar-refractivity contribution is 6.24. The van der Waals surface area contributed by atoms with E-state index in [-0.39, 0.29) is 6.54 Å². The van der Waals surface area contributed by atoms with Gasteiger partial charge in [-0.1, -0.05) is 0 Å². The van der Waals surface area contributed by atoms with E-state index >= 15 is 0 Å². The van der Waals surface area contributed by atoms with Crippen LogP contribution in [0.2, 0.25) is 0 Å². The maximum atomic E-state index is 10.8. The molecule has 1 rings (SSSR count). The minimum atomic E-state index is -1.63. The number of rotatable bonds is 2. The molecule has 0 aliphatic carbocycles. The van der Waals surface area contributed by atoms with E-state index in [0.29, 0.717) is 0 Å². The number of ether oxygens (including phenoxy) is 1. The summed E-state index contributed by atoms with van der Waals surface area (Å²) < 4.78 is 5.15. The maximum Gasteiger partial charge on any atom is 0.340 e. The summed E-state index contributed by atoms with van der Waals surface area (Å²) in [6, 6.07) is 0. The lowest BCUT2D eigenvalue weighted by Gasteiger charge is -2.05. The summed E-state index contributed by atoms with van der Waals surface area (Å²) >= 11 is 5.33. The average molecular weight is 180 g/mol. The number of halogens is 1. The number of methoxy groups -OCH3 is 1. The minimum absolute atomic E-state index is 0.00341. The molecule has 5 nitrogen and oxygen atoms in total. The third kappa shape index (κ3) is 0.965. The van der Waals surface area contributed by atoms with Crippen molar-refractivity contribution in [2.45, 2.75) is 5.54 Å². The predicted molar refractivity (Wildman–Crippen MR) is 34.9 cm³/mol. The predicted octanol–water partition coefficient (Wildman–Crippen LogP) is -0.548. The van der Waals surface area contributed by atoms with Gasteiger partial charge in [-0.15, -0.1) is 0 Å². The van der Waals surface area contributed by atoms with Crippen LogP contribution in [0.15, 0.2) is 0 Å². The second kappa shape index (κ2) is 2.35. The molecule has 1 fully saturated rings. The quantitative estimate of drug-likeness (QED) is 0.267. The number of aliphatic carboxylic acids is 1. The van der Waals surface area contributed by atoms with Crippen LogP contribution in [-0.4, -0.2) is 40.7 Å². The first-order valence-corrected chi connectivity index (χ1v) is 3.14. The molecule has 0 spiro atoms. The third-order valence-corrected chi connectivity index (χ3v) is 1.96. The van der Waals surface area contributed by atoms with Crippen molar-refractivity contribution in [3.63, 3.8) is 0 Å². The molecular weight excluding hydrogens is 174 g/mol. The van der Waals surface area contributed by atoms with Crippen molar-refractivity contribution >= 4 is 23.7 Å². The summed E-state index contributed by atoms with van der Waals surface area (Å²) in [6.07, 6.45) is 0. The van der Waals surface area contributed by atoms with Crippen LogP contribution in [-0.2, 0) is 14.3 Å². The zero-order chi connectivity index (χ0) is 8.65. The smallest absolute Gasteiger partial charge is 0.340 e. The fourth-order valence-corrected chi connectivity index (χ4v) is 1.07.